The van der Waals surface area contributed by atoms with E-state index in [4.69, 9.17) is 18.0 Å². The second-order valence-electron chi connectivity index (χ2n) is 4.57. The maximum absolute atomic E-state index is 5.64. The van der Waals surface area contributed by atoms with Crippen molar-refractivity contribution in [1.29, 1.82) is 0 Å². The lowest BCUT2D eigenvalue weighted by atomic mass is 10.0. The Kier molecular flexibility index (Phi) is 5.15. The van der Waals surface area contributed by atoms with E-state index in [9.17, 15) is 0 Å². The highest BCUT2D eigenvalue weighted by atomic mass is 79.9. The highest BCUT2D eigenvalue weighted by Crippen LogP contribution is 2.29. The molecule has 2 aromatic rings. The topological polar surface area (TPSA) is 38.0 Å². The maximum atomic E-state index is 5.64. The van der Waals surface area contributed by atoms with Gasteiger partial charge in [-0.05, 0) is 46.1 Å². The average molecular weight is 349 g/mol. The smallest absolute Gasteiger partial charge is 0.104 e. The van der Waals surface area contributed by atoms with Crippen molar-refractivity contribution >= 4 is 38.8 Å². The molecule has 0 fully saturated rings. The van der Waals surface area contributed by atoms with E-state index in [0.717, 1.165) is 22.1 Å². The van der Waals surface area contributed by atoms with E-state index in [1.54, 1.807) is 0 Å². The first-order valence-corrected chi connectivity index (χ1v) is 7.72. The summed E-state index contributed by atoms with van der Waals surface area (Å²) in [5.41, 5.74) is 8.83. The number of hydrogen-bond donors (Lipinski definition) is 2. The van der Waals surface area contributed by atoms with E-state index < -0.39 is 0 Å². The molecule has 2 nitrogen and oxygen atoms in total. The quantitative estimate of drug-likeness (QED) is 0.772. The van der Waals surface area contributed by atoms with Gasteiger partial charge in [0.1, 0.15) is 4.99 Å². The van der Waals surface area contributed by atoms with Gasteiger partial charge in [-0.2, -0.15) is 0 Å². The molecule has 104 valence electrons. The van der Waals surface area contributed by atoms with Crippen LogP contribution in [0.1, 0.15) is 30.5 Å². The molecule has 0 heterocycles. The van der Waals surface area contributed by atoms with Crippen molar-refractivity contribution in [3.63, 3.8) is 0 Å². The van der Waals surface area contributed by atoms with Gasteiger partial charge in [0.25, 0.3) is 0 Å². The minimum absolute atomic E-state index is 0.281. The summed E-state index contributed by atoms with van der Waals surface area (Å²) in [6.45, 7) is 2.17. The molecule has 4 heteroatoms. The Morgan fingerprint density at radius 2 is 1.95 bits per heavy atom. The van der Waals surface area contributed by atoms with Crippen LogP contribution in [0.5, 0.6) is 0 Å². The molecule has 0 radical (unpaired) electrons. The monoisotopic (exact) mass is 348 g/mol. The SMILES string of the molecule is CCC(Nc1ccc(C(N)=S)cc1Br)c1ccccc1. The van der Waals surface area contributed by atoms with Gasteiger partial charge in [0.05, 0.1) is 6.04 Å². The second-order valence-corrected chi connectivity index (χ2v) is 5.87. The lowest BCUT2D eigenvalue weighted by Gasteiger charge is -2.20. The molecule has 0 saturated carbocycles. The molecular weight excluding hydrogens is 332 g/mol. The van der Waals surface area contributed by atoms with Crippen LogP contribution in [0.3, 0.4) is 0 Å². The predicted molar refractivity (Wildman–Crippen MR) is 93.1 cm³/mol. The van der Waals surface area contributed by atoms with E-state index >= 15 is 0 Å². The number of nitrogens with one attached hydrogen (secondary N) is 1. The molecule has 0 bridgehead atoms. The second kappa shape index (κ2) is 6.86. The molecule has 0 spiro atoms. The van der Waals surface area contributed by atoms with E-state index in [1.807, 2.05) is 24.3 Å². The van der Waals surface area contributed by atoms with Crippen LogP contribution in [0.25, 0.3) is 0 Å². The number of anilines is 1. The summed E-state index contributed by atoms with van der Waals surface area (Å²) < 4.78 is 0.970. The van der Waals surface area contributed by atoms with Gasteiger partial charge in [-0.1, -0.05) is 49.5 Å². The molecule has 3 N–H and O–H groups in total. The van der Waals surface area contributed by atoms with Gasteiger partial charge >= 0.3 is 0 Å². The molecule has 0 aliphatic heterocycles. The van der Waals surface area contributed by atoms with Gasteiger partial charge in [-0.3, -0.25) is 0 Å². The van der Waals surface area contributed by atoms with Crippen LogP contribution in [-0.4, -0.2) is 4.99 Å². The van der Waals surface area contributed by atoms with Crippen LogP contribution in [0.4, 0.5) is 5.69 Å². The van der Waals surface area contributed by atoms with Gasteiger partial charge in [0.2, 0.25) is 0 Å². The molecule has 0 aromatic heterocycles. The number of nitrogens with two attached hydrogens (primary N) is 1. The van der Waals surface area contributed by atoms with Crippen LogP contribution in [0.15, 0.2) is 53.0 Å². The molecule has 0 amide bonds. The first kappa shape index (κ1) is 15.0. The van der Waals surface area contributed by atoms with E-state index in [-0.39, 0.29) is 6.04 Å². The van der Waals surface area contributed by atoms with Crippen LogP contribution in [-0.2, 0) is 0 Å². The zero-order valence-electron chi connectivity index (χ0n) is 11.3. The Hall–Kier alpha value is -1.39. The normalized spacial score (nSPS) is 11.9. The minimum Gasteiger partial charge on any atom is -0.389 e. The summed E-state index contributed by atoms with van der Waals surface area (Å²) in [7, 11) is 0. The molecule has 20 heavy (non-hydrogen) atoms. The van der Waals surface area contributed by atoms with Gasteiger partial charge in [-0.15, -0.1) is 0 Å². The fourth-order valence-corrected chi connectivity index (χ4v) is 2.70. The van der Waals surface area contributed by atoms with Crippen molar-refractivity contribution in [2.75, 3.05) is 5.32 Å². The molecule has 0 aliphatic rings. The number of benzene rings is 2. The van der Waals surface area contributed by atoms with Crippen molar-refractivity contribution in [3.8, 4) is 0 Å². The van der Waals surface area contributed by atoms with Crippen molar-refractivity contribution in [2.45, 2.75) is 19.4 Å². The van der Waals surface area contributed by atoms with E-state index in [1.165, 1.54) is 5.56 Å². The van der Waals surface area contributed by atoms with Crippen LogP contribution >= 0.6 is 28.1 Å². The van der Waals surface area contributed by atoms with Crippen molar-refractivity contribution < 1.29 is 0 Å². The Morgan fingerprint density at radius 3 is 2.50 bits per heavy atom. The van der Waals surface area contributed by atoms with Crippen molar-refractivity contribution in [1.82, 2.24) is 0 Å². The largest absolute Gasteiger partial charge is 0.389 e. The summed E-state index contributed by atoms with van der Waals surface area (Å²) in [4.78, 5) is 0.410. The maximum Gasteiger partial charge on any atom is 0.104 e. The average Bonchev–Trinajstić information content (AvgIpc) is 2.46. The number of hydrogen-bond acceptors (Lipinski definition) is 2. The Balaban J connectivity index is 2.22. The Morgan fingerprint density at radius 1 is 1.25 bits per heavy atom. The molecule has 1 atom stereocenters. The third-order valence-electron chi connectivity index (χ3n) is 3.19. The molecule has 1 unspecified atom stereocenters. The third kappa shape index (κ3) is 3.58. The third-order valence-corrected chi connectivity index (χ3v) is 4.09. The predicted octanol–water partition coefficient (Wildman–Crippen LogP) is 4.65. The van der Waals surface area contributed by atoms with Crippen LogP contribution in [0.2, 0.25) is 0 Å². The highest BCUT2D eigenvalue weighted by molar-refractivity contribution is 9.10. The van der Waals surface area contributed by atoms with Crippen LogP contribution in [0, 0.1) is 0 Å². The van der Waals surface area contributed by atoms with Gasteiger partial charge in [0.15, 0.2) is 0 Å². The van der Waals surface area contributed by atoms with Gasteiger partial charge in [-0.25, -0.2) is 0 Å². The lowest BCUT2D eigenvalue weighted by molar-refractivity contribution is 0.749. The number of rotatable bonds is 5. The minimum atomic E-state index is 0.281. The summed E-state index contributed by atoms with van der Waals surface area (Å²) in [6, 6.07) is 16.6. The van der Waals surface area contributed by atoms with Gasteiger partial charge in [0, 0.05) is 15.7 Å². The zero-order chi connectivity index (χ0) is 14.5. The first-order chi connectivity index (χ1) is 9.61. The fraction of sp³-hybridized carbons (Fsp3) is 0.188. The number of thiocarbonyl (C=S) groups is 1. The first-order valence-electron chi connectivity index (χ1n) is 6.52. The Labute approximate surface area is 133 Å². The summed E-state index contributed by atoms with van der Waals surface area (Å²) >= 11 is 8.56. The van der Waals surface area contributed by atoms with Crippen LogP contribution < -0.4 is 11.1 Å². The molecular formula is C16H17BrN2S. The number of halogens is 1. The van der Waals surface area contributed by atoms with E-state index in [0.29, 0.717) is 4.99 Å². The van der Waals surface area contributed by atoms with Crippen molar-refractivity contribution in [2.24, 2.45) is 5.73 Å². The summed E-state index contributed by atoms with van der Waals surface area (Å²) in [6.07, 6.45) is 1.01. The molecule has 2 rings (SSSR count). The molecule has 2 aromatic carbocycles. The Bertz CT molecular complexity index is 599. The summed E-state index contributed by atoms with van der Waals surface area (Å²) in [5, 5.41) is 3.55. The highest BCUT2D eigenvalue weighted by Gasteiger charge is 2.11. The zero-order valence-corrected chi connectivity index (χ0v) is 13.7. The van der Waals surface area contributed by atoms with E-state index in [2.05, 4.69) is 52.4 Å². The van der Waals surface area contributed by atoms with Crippen molar-refractivity contribution in [3.05, 3.63) is 64.1 Å². The standard InChI is InChI=1S/C16H17BrN2S/c1-2-14(11-6-4-3-5-7-11)19-15-9-8-12(16(18)20)10-13(15)17/h3-10,14,19H,2H2,1H3,(H2,18,20). The molecule has 0 saturated heterocycles. The fourth-order valence-electron chi connectivity index (χ4n) is 2.08. The molecule has 0 aliphatic carbocycles. The summed E-state index contributed by atoms with van der Waals surface area (Å²) in [5.74, 6) is 0. The van der Waals surface area contributed by atoms with Gasteiger partial charge < -0.3 is 11.1 Å². The lowest BCUT2D eigenvalue weighted by Crippen LogP contribution is -2.12.